The first-order valence-electron chi connectivity index (χ1n) is 6.70. The third-order valence-electron chi connectivity index (χ3n) is 3.24. The van der Waals surface area contributed by atoms with Crippen LogP contribution in [0, 0.1) is 5.92 Å². The second-order valence-electron chi connectivity index (χ2n) is 5.29. The SMILES string of the molecule is CC(C)CCC(=O)NCC(=O)N1CCC[C@H]1C(=O)O. The fraction of sp³-hybridized carbons (Fsp3) is 0.769. The molecule has 1 atom stereocenters. The number of carbonyl (C=O) groups excluding carboxylic acids is 2. The molecule has 1 saturated heterocycles. The Balaban J connectivity index is 2.34. The molecule has 0 aromatic rings. The number of amides is 2. The number of hydrogen-bond acceptors (Lipinski definition) is 3. The van der Waals surface area contributed by atoms with Crippen LogP contribution in [0.5, 0.6) is 0 Å². The predicted octanol–water partition coefficient (Wildman–Crippen LogP) is 0.614. The summed E-state index contributed by atoms with van der Waals surface area (Å²) >= 11 is 0. The van der Waals surface area contributed by atoms with Gasteiger partial charge in [0, 0.05) is 13.0 Å². The summed E-state index contributed by atoms with van der Waals surface area (Å²) in [4.78, 5) is 35.6. The van der Waals surface area contributed by atoms with E-state index in [0.717, 1.165) is 6.42 Å². The molecule has 108 valence electrons. The third-order valence-corrected chi connectivity index (χ3v) is 3.24. The second-order valence-corrected chi connectivity index (χ2v) is 5.29. The monoisotopic (exact) mass is 270 g/mol. The number of nitrogens with zero attached hydrogens (tertiary/aromatic N) is 1. The van der Waals surface area contributed by atoms with E-state index in [1.165, 1.54) is 4.90 Å². The summed E-state index contributed by atoms with van der Waals surface area (Å²) in [7, 11) is 0. The van der Waals surface area contributed by atoms with Crippen molar-refractivity contribution >= 4 is 17.8 Å². The standard InChI is InChI=1S/C13H22N2O4/c1-9(2)5-6-11(16)14-8-12(17)15-7-3-4-10(15)13(18)19/h9-10H,3-8H2,1-2H3,(H,14,16)(H,18,19)/t10-/m0/s1. The average molecular weight is 270 g/mol. The average Bonchev–Trinajstić information content (AvgIpc) is 2.82. The van der Waals surface area contributed by atoms with E-state index < -0.39 is 12.0 Å². The molecule has 0 spiro atoms. The van der Waals surface area contributed by atoms with Crippen LogP contribution in [0.4, 0.5) is 0 Å². The summed E-state index contributed by atoms with van der Waals surface area (Å²) in [5, 5.41) is 11.5. The first-order chi connectivity index (χ1) is 8.91. The molecule has 1 fully saturated rings. The number of rotatable bonds is 6. The van der Waals surface area contributed by atoms with Crippen LogP contribution in [-0.2, 0) is 14.4 Å². The van der Waals surface area contributed by atoms with Crippen molar-refractivity contribution in [2.45, 2.75) is 45.6 Å². The quantitative estimate of drug-likeness (QED) is 0.740. The highest BCUT2D eigenvalue weighted by Gasteiger charge is 2.33. The number of likely N-dealkylation sites (tertiary alicyclic amines) is 1. The van der Waals surface area contributed by atoms with Crippen LogP contribution < -0.4 is 5.32 Å². The molecular weight excluding hydrogens is 248 g/mol. The van der Waals surface area contributed by atoms with Gasteiger partial charge in [0.25, 0.3) is 0 Å². The van der Waals surface area contributed by atoms with Crippen molar-refractivity contribution in [3.63, 3.8) is 0 Å². The fourth-order valence-electron chi connectivity index (χ4n) is 2.11. The number of nitrogens with one attached hydrogen (secondary N) is 1. The summed E-state index contributed by atoms with van der Waals surface area (Å²) in [6.45, 7) is 4.40. The summed E-state index contributed by atoms with van der Waals surface area (Å²) in [5.74, 6) is -1.01. The van der Waals surface area contributed by atoms with E-state index in [1.54, 1.807) is 0 Å². The van der Waals surface area contributed by atoms with E-state index in [4.69, 9.17) is 5.11 Å². The molecule has 0 bridgehead atoms. The summed E-state index contributed by atoms with van der Waals surface area (Å²) in [6.07, 6.45) is 2.36. The molecule has 0 aliphatic carbocycles. The minimum atomic E-state index is -0.975. The van der Waals surface area contributed by atoms with Gasteiger partial charge in [-0.2, -0.15) is 0 Å². The highest BCUT2D eigenvalue weighted by atomic mass is 16.4. The maximum Gasteiger partial charge on any atom is 0.326 e. The Kier molecular flexibility index (Phi) is 5.79. The number of carboxylic acid groups (broad SMARTS) is 1. The van der Waals surface area contributed by atoms with Crippen molar-refractivity contribution in [2.24, 2.45) is 5.92 Å². The minimum Gasteiger partial charge on any atom is -0.480 e. The molecule has 0 radical (unpaired) electrons. The van der Waals surface area contributed by atoms with Crippen molar-refractivity contribution < 1.29 is 19.5 Å². The molecular formula is C13H22N2O4. The van der Waals surface area contributed by atoms with Crippen molar-refractivity contribution in [1.29, 1.82) is 0 Å². The lowest BCUT2D eigenvalue weighted by Crippen LogP contribution is -2.45. The Labute approximate surface area is 113 Å². The zero-order valence-corrected chi connectivity index (χ0v) is 11.5. The molecule has 19 heavy (non-hydrogen) atoms. The van der Waals surface area contributed by atoms with Gasteiger partial charge in [-0.1, -0.05) is 13.8 Å². The van der Waals surface area contributed by atoms with Crippen molar-refractivity contribution in [2.75, 3.05) is 13.1 Å². The van der Waals surface area contributed by atoms with E-state index in [1.807, 2.05) is 13.8 Å². The van der Waals surface area contributed by atoms with Crippen LogP contribution in [0.1, 0.15) is 39.5 Å². The predicted molar refractivity (Wildman–Crippen MR) is 69.5 cm³/mol. The van der Waals surface area contributed by atoms with E-state index >= 15 is 0 Å². The number of aliphatic carboxylic acids is 1. The van der Waals surface area contributed by atoms with Crippen molar-refractivity contribution in [3.8, 4) is 0 Å². The molecule has 2 N–H and O–H groups in total. The fourth-order valence-corrected chi connectivity index (χ4v) is 2.11. The maximum absolute atomic E-state index is 11.9. The second kappa shape index (κ2) is 7.11. The van der Waals surface area contributed by atoms with E-state index in [-0.39, 0.29) is 18.4 Å². The molecule has 0 aromatic heterocycles. The summed E-state index contributed by atoms with van der Waals surface area (Å²) in [5.41, 5.74) is 0. The van der Waals surface area contributed by atoms with Crippen LogP contribution in [0.15, 0.2) is 0 Å². The Morgan fingerprint density at radius 3 is 2.63 bits per heavy atom. The first kappa shape index (κ1) is 15.5. The molecule has 0 unspecified atom stereocenters. The number of carbonyl (C=O) groups is 3. The van der Waals surface area contributed by atoms with Crippen LogP contribution in [-0.4, -0.2) is 46.9 Å². The maximum atomic E-state index is 11.9. The lowest BCUT2D eigenvalue weighted by atomic mass is 10.1. The topological polar surface area (TPSA) is 86.7 Å². The van der Waals surface area contributed by atoms with E-state index in [9.17, 15) is 14.4 Å². The smallest absolute Gasteiger partial charge is 0.326 e. The highest BCUT2D eigenvalue weighted by Crippen LogP contribution is 2.17. The number of carboxylic acids is 1. The van der Waals surface area contributed by atoms with Gasteiger partial charge in [-0.15, -0.1) is 0 Å². The molecule has 6 nitrogen and oxygen atoms in total. The first-order valence-corrected chi connectivity index (χ1v) is 6.70. The molecule has 1 rings (SSSR count). The molecule has 1 aliphatic rings. The Bertz CT molecular complexity index is 355. The highest BCUT2D eigenvalue weighted by molar-refractivity contribution is 5.88. The van der Waals surface area contributed by atoms with Gasteiger partial charge in [0.1, 0.15) is 6.04 Å². The van der Waals surface area contributed by atoms with Gasteiger partial charge in [0.2, 0.25) is 11.8 Å². The Morgan fingerprint density at radius 1 is 1.37 bits per heavy atom. The molecule has 1 aliphatic heterocycles. The molecule has 2 amide bonds. The molecule has 0 saturated carbocycles. The zero-order valence-electron chi connectivity index (χ0n) is 11.5. The summed E-state index contributed by atoms with van der Waals surface area (Å²) in [6, 6.07) is -0.736. The van der Waals surface area contributed by atoms with Gasteiger partial charge >= 0.3 is 5.97 Å². The lowest BCUT2D eigenvalue weighted by Gasteiger charge is -2.21. The van der Waals surface area contributed by atoms with Crippen molar-refractivity contribution in [1.82, 2.24) is 10.2 Å². The third kappa shape index (κ3) is 4.89. The minimum absolute atomic E-state index is 0.110. The lowest BCUT2D eigenvalue weighted by molar-refractivity contribution is -0.148. The normalized spacial score (nSPS) is 18.7. The summed E-state index contributed by atoms with van der Waals surface area (Å²) < 4.78 is 0. The van der Waals surface area contributed by atoms with Crippen LogP contribution in [0.25, 0.3) is 0 Å². The number of hydrogen-bond donors (Lipinski definition) is 2. The Morgan fingerprint density at radius 2 is 2.05 bits per heavy atom. The molecule has 1 heterocycles. The van der Waals surface area contributed by atoms with Gasteiger partial charge in [-0.3, -0.25) is 9.59 Å². The van der Waals surface area contributed by atoms with Crippen molar-refractivity contribution in [3.05, 3.63) is 0 Å². The van der Waals surface area contributed by atoms with Gasteiger partial charge in [-0.25, -0.2) is 4.79 Å². The van der Waals surface area contributed by atoms with Crippen LogP contribution in [0.3, 0.4) is 0 Å². The van der Waals surface area contributed by atoms with E-state index in [2.05, 4.69) is 5.32 Å². The molecule has 0 aromatic carbocycles. The van der Waals surface area contributed by atoms with Gasteiger partial charge in [0.15, 0.2) is 0 Å². The molecule has 6 heteroatoms. The largest absolute Gasteiger partial charge is 0.480 e. The van der Waals surface area contributed by atoms with E-state index in [0.29, 0.717) is 31.7 Å². The van der Waals surface area contributed by atoms with Crippen LogP contribution >= 0.6 is 0 Å². The van der Waals surface area contributed by atoms with Crippen LogP contribution in [0.2, 0.25) is 0 Å². The van der Waals surface area contributed by atoms with Gasteiger partial charge < -0.3 is 15.3 Å². The Hall–Kier alpha value is -1.59. The zero-order chi connectivity index (χ0) is 14.4. The van der Waals surface area contributed by atoms with Gasteiger partial charge in [-0.05, 0) is 25.2 Å². The van der Waals surface area contributed by atoms with Gasteiger partial charge in [0.05, 0.1) is 6.54 Å².